The fourth-order valence-corrected chi connectivity index (χ4v) is 3.01. The van der Waals surface area contributed by atoms with Crippen LogP contribution in [0.3, 0.4) is 0 Å². The van der Waals surface area contributed by atoms with Crippen molar-refractivity contribution in [3.8, 4) is 0 Å². The molecule has 106 valence electrons. The van der Waals surface area contributed by atoms with Crippen molar-refractivity contribution in [2.75, 3.05) is 14.1 Å². The molecule has 0 aromatic heterocycles. The van der Waals surface area contributed by atoms with Gasteiger partial charge in [-0.2, -0.15) is 0 Å². The summed E-state index contributed by atoms with van der Waals surface area (Å²) < 4.78 is 35.1. The number of Topliss-reactive ketones (excluding diaryl/α,β-unsaturated/α-hetero) is 1. The van der Waals surface area contributed by atoms with E-state index >= 15 is 0 Å². The average Bonchev–Trinajstić information content (AvgIpc) is 2.27. The van der Waals surface area contributed by atoms with Crippen LogP contribution in [0, 0.1) is 10.2 Å². The Balaban J connectivity index is 0.000000280. The van der Waals surface area contributed by atoms with E-state index in [0.717, 1.165) is 17.3 Å². The zero-order chi connectivity index (χ0) is 14.0. The van der Waals surface area contributed by atoms with Crippen molar-refractivity contribution in [2.24, 2.45) is 0 Å². The lowest BCUT2D eigenvalue weighted by Gasteiger charge is -2.45. The SMILES string of the molecule is C[N+]1(C)C2CCCCC1CC(=O)C2.[O-][Cl+3]([O-])([O-])[O-]. The standard InChI is InChI=1S/C11H20NO.ClHO4/c1-12(2)9-5-3-4-6-10(12)8-11(13)7-9;2-1(3,4)5/h9-10H,3-8H2,1-2H3;(H,2,3,4,5)/q+1;/p-1. The zero-order valence-corrected chi connectivity index (χ0v) is 11.5. The summed E-state index contributed by atoms with van der Waals surface area (Å²) in [7, 11) is -0.319. The molecule has 2 atom stereocenters. The number of rotatable bonds is 0. The zero-order valence-electron chi connectivity index (χ0n) is 10.8. The molecule has 2 heterocycles. The van der Waals surface area contributed by atoms with E-state index in [4.69, 9.17) is 18.6 Å². The van der Waals surface area contributed by atoms with Crippen LogP contribution in [0.4, 0.5) is 0 Å². The summed E-state index contributed by atoms with van der Waals surface area (Å²) >= 11 is 0. The highest BCUT2D eigenvalue weighted by Gasteiger charge is 2.43. The van der Waals surface area contributed by atoms with Crippen LogP contribution in [0.2, 0.25) is 0 Å². The molecule has 7 heteroatoms. The quantitative estimate of drug-likeness (QED) is 0.439. The molecule has 0 aromatic rings. The van der Waals surface area contributed by atoms with Gasteiger partial charge in [0.15, 0.2) is 0 Å². The fraction of sp³-hybridized carbons (Fsp3) is 0.909. The van der Waals surface area contributed by atoms with Gasteiger partial charge in [-0.1, -0.05) is 0 Å². The summed E-state index contributed by atoms with van der Waals surface area (Å²) in [6.07, 6.45) is 6.85. The smallest absolute Gasteiger partial charge is 0.144 e. The first-order chi connectivity index (χ1) is 8.10. The Hall–Kier alpha value is -0.240. The van der Waals surface area contributed by atoms with E-state index in [1.54, 1.807) is 0 Å². The van der Waals surface area contributed by atoms with Crippen LogP contribution in [-0.2, 0) is 4.79 Å². The van der Waals surface area contributed by atoms with Gasteiger partial charge in [0.2, 0.25) is 0 Å². The number of halogens is 1. The van der Waals surface area contributed by atoms with Crippen molar-refractivity contribution in [3.63, 3.8) is 0 Å². The maximum Gasteiger partial charge on any atom is 0.144 e. The van der Waals surface area contributed by atoms with E-state index in [0.29, 0.717) is 17.9 Å². The first-order valence-electron chi connectivity index (χ1n) is 6.07. The first kappa shape index (κ1) is 15.8. The lowest BCUT2D eigenvalue weighted by molar-refractivity contribution is -2.00. The number of fused-ring (bicyclic) bond motifs is 2. The molecule has 0 aromatic carbocycles. The van der Waals surface area contributed by atoms with Crippen molar-refractivity contribution in [3.05, 3.63) is 0 Å². The van der Waals surface area contributed by atoms with Crippen molar-refractivity contribution in [1.29, 1.82) is 0 Å². The van der Waals surface area contributed by atoms with Crippen LogP contribution in [0.25, 0.3) is 0 Å². The lowest BCUT2D eigenvalue weighted by atomic mass is 9.91. The number of nitrogens with zero attached hydrogens (tertiary/aromatic N) is 1. The van der Waals surface area contributed by atoms with Crippen molar-refractivity contribution in [2.45, 2.75) is 50.6 Å². The van der Waals surface area contributed by atoms with Gasteiger partial charge in [0.25, 0.3) is 0 Å². The predicted octanol–water partition coefficient (Wildman–Crippen LogP) is -3.02. The number of carbonyl (C=O) groups is 1. The molecule has 0 aliphatic carbocycles. The molecule has 18 heavy (non-hydrogen) atoms. The number of piperidine rings is 1. The van der Waals surface area contributed by atoms with Gasteiger partial charge in [-0.3, -0.25) is 4.79 Å². The molecule has 6 nitrogen and oxygen atoms in total. The Kier molecular flexibility index (Phi) is 5.11. The Labute approximate surface area is 109 Å². The summed E-state index contributed by atoms with van der Waals surface area (Å²) in [4.78, 5) is 11.5. The molecule has 2 bridgehead atoms. The minimum atomic E-state index is -4.94. The highest BCUT2D eigenvalue weighted by molar-refractivity contribution is 5.80. The Morgan fingerprint density at radius 1 is 1.00 bits per heavy atom. The molecule has 0 saturated carbocycles. The van der Waals surface area contributed by atoms with Crippen LogP contribution >= 0.6 is 0 Å². The third kappa shape index (κ3) is 4.79. The van der Waals surface area contributed by atoms with E-state index in [1.165, 1.54) is 25.7 Å². The average molecular weight is 282 g/mol. The highest BCUT2D eigenvalue weighted by Crippen LogP contribution is 2.34. The van der Waals surface area contributed by atoms with E-state index in [-0.39, 0.29) is 0 Å². The summed E-state index contributed by atoms with van der Waals surface area (Å²) in [6, 6.07) is 1.24. The molecule has 0 radical (unpaired) electrons. The minimum Gasteiger partial charge on any atom is -0.323 e. The van der Waals surface area contributed by atoms with Gasteiger partial charge in [-0.05, 0) is 25.7 Å². The summed E-state index contributed by atoms with van der Waals surface area (Å²) in [6.45, 7) is 0. The second-order valence-electron chi connectivity index (χ2n) is 5.55. The monoisotopic (exact) mass is 281 g/mol. The molecule has 0 spiro atoms. The van der Waals surface area contributed by atoms with Gasteiger partial charge in [-0.15, -0.1) is 10.2 Å². The van der Waals surface area contributed by atoms with Crippen LogP contribution < -0.4 is 18.6 Å². The minimum absolute atomic E-state index is 0.509. The van der Waals surface area contributed by atoms with Gasteiger partial charge >= 0.3 is 0 Å². The molecule has 0 N–H and O–H groups in total. The number of hydrogen-bond acceptors (Lipinski definition) is 5. The molecule has 2 unspecified atom stereocenters. The maximum absolute atomic E-state index is 11.5. The van der Waals surface area contributed by atoms with E-state index in [9.17, 15) is 4.79 Å². The molecule has 0 amide bonds. The van der Waals surface area contributed by atoms with Gasteiger partial charge in [0.1, 0.15) is 5.78 Å². The normalized spacial score (nSPS) is 31.1. The molecule has 2 fully saturated rings. The number of hydrogen-bond donors (Lipinski definition) is 0. The van der Waals surface area contributed by atoms with Crippen molar-refractivity contribution >= 4 is 5.78 Å². The third-order valence-electron chi connectivity index (χ3n) is 4.13. The Morgan fingerprint density at radius 2 is 1.33 bits per heavy atom. The third-order valence-corrected chi connectivity index (χ3v) is 4.13. The van der Waals surface area contributed by atoms with Gasteiger partial charge in [0.05, 0.1) is 39.0 Å². The molecular formula is C11H20ClNO5. The largest absolute Gasteiger partial charge is 0.323 e. The van der Waals surface area contributed by atoms with Crippen LogP contribution in [0.5, 0.6) is 0 Å². The first-order valence-corrected chi connectivity index (χ1v) is 7.31. The van der Waals surface area contributed by atoms with Crippen molar-refractivity contribution in [1.82, 2.24) is 0 Å². The fourth-order valence-electron chi connectivity index (χ4n) is 3.01. The molecule has 2 aliphatic rings. The second kappa shape index (κ2) is 5.81. The molecule has 2 saturated heterocycles. The predicted molar refractivity (Wildman–Crippen MR) is 52.4 cm³/mol. The summed E-state index contributed by atoms with van der Waals surface area (Å²) in [5, 5.41) is 0. The number of quaternary nitrogens is 1. The molecular weight excluding hydrogens is 262 g/mol. The van der Waals surface area contributed by atoms with Crippen LogP contribution in [-0.4, -0.2) is 36.4 Å². The van der Waals surface area contributed by atoms with E-state index in [1.807, 2.05) is 0 Å². The number of carbonyl (C=O) groups excluding carboxylic acids is 1. The van der Waals surface area contributed by atoms with E-state index in [2.05, 4.69) is 14.1 Å². The maximum atomic E-state index is 11.5. The van der Waals surface area contributed by atoms with Crippen molar-refractivity contribution < 1.29 is 38.2 Å². The second-order valence-corrected chi connectivity index (χ2v) is 6.30. The summed E-state index contributed by atoms with van der Waals surface area (Å²) in [5.74, 6) is 0.509. The molecule has 2 rings (SSSR count). The lowest BCUT2D eigenvalue weighted by Crippen LogP contribution is -2.68. The Bertz CT molecular complexity index is 276. The Morgan fingerprint density at radius 3 is 1.67 bits per heavy atom. The van der Waals surface area contributed by atoms with Gasteiger partial charge in [0, 0.05) is 0 Å². The molecule has 2 aliphatic heterocycles. The number of ketones is 1. The summed E-state index contributed by atoms with van der Waals surface area (Å²) in [5.41, 5.74) is 0. The highest BCUT2D eigenvalue weighted by atomic mass is 35.7. The van der Waals surface area contributed by atoms with Crippen LogP contribution in [0.15, 0.2) is 0 Å². The van der Waals surface area contributed by atoms with E-state index < -0.39 is 10.2 Å². The van der Waals surface area contributed by atoms with Gasteiger partial charge < -0.3 is 4.48 Å². The van der Waals surface area contributed by atoms with Gasteiger partial charge in [-0.25, -0.2) is 18.6 Å². The van der Waals surface area contributed by atoms with Crippen LogP contribution in [0.1, 0.15) is 38.5 Å². The topological polar surface area (TPSA) is 109 Å².